The lowest BCUT2D eigenvalue weighted by Gasteiger charge is -2.38. The molecule has 2 aliphatic rings. The minimum atomic E-state index is -1.13. The molecule has 2 atom stereocenters. The maximum absolute atomic E-state index is 12.6. The summed E-state index contributed by atoms with van der Waals surface area (Å²) in [6.07, 6.45) is 1.77. The second kappa shape index (κ2) is 9.02. The van der Waals surface area contributed by atoms with Gasteiger partial charge in [-0.1, -0.05) is 26.0 Å². The molecule has 1 aromatic carbocycles. The minimum Gasteiger partial charge on any atom is -0.394 e. The number of nitrogens with zero attached hydrogens (tertiary/aromatic N) is 3. The SMILES string of the molecule is CC(C)[C@H](CO)Nc1nc(N2CCC(O)(c3ccc([ClH+])cc3)CC2)nc2c1S(=O)CC2. The molecule has 7 nitrogen and oxygen atoms in total. The van der Waals surface area contributed by atoms with Crippen molar-refractivity contribution >= 4 is 22.6 Å². The molecular formula is C22H30ClN4O3S+. The van der Waals surface area contributed by atoms with Crippen LogP contribution in [0.25, 0.3) is 0 Å². The first-order valence-corrected chi connectivity index (χ1v) is 12.4. The van der Waals surface area contributed by atoms with Crippen molar-refractivity contribution in [2.45, 2.75) is 49.6 Å². The fourth-order valence-electron chi connectivity index (χ4n) is 4.15. The molecule has 0 aliphatic carbocycles. The zero-order valence-electron chi connectivity index (χ0n) is 17.9. The maximum Gasteiger partial charge on any atom is 0.227 e. The number of fused-ring (bicyclic) bond motifs is 1. The number of hydrogen-bond donors (Lipinski definition) is 3. The van der Waals surface area contributed by atoms with Gasteiger partial charge in [-0.3, -0.25) is 4.21 Å². The number of aryl methyl sites for hydroxylation is 1. The minimum absolute atomic E-state index is 0.0295. The molecule has 1 unspecified atom stereocenters. The van der Waals surface area contributed by atoms with E-state index in [1.54, 1.807) is 0 Å². The smallest absolute Gasteiger partial charge is 0.227 e. The van der Waals surface area contributed by atoms with Gasteiger partial charge in [-0.05, 0) is 24.3 Å². The van der Waals surface area contributed by atoms with Crippen molar-refractivity contribution in [3.05, 3.63) is 40.5 Å². The molecule has 0 spiro atoms. The van der Waals surface area contributed by atoms with Gasteiger partial charge in [0, 0.05) is 37.4 Å². The highest BCUT2D eigenvalue weighted by atomic mass is 35.5. The number of aliphatic hydroxyl groups excluding tert-OH is 1. The largest absolute Gasteiger partial charge is 0.394 e. The van der Waals surface area contributed by atoms with Crippen molar-refractivity contribution in [3.63, 3.8) is 0 Å². The second-order valence-corrected chi connectivity index (χ2v) is 10.6. The first-order chi connectivity index (χ1) is 14.8. The molecule has 0 bridgehead atoms. The third-order valence-electron chi connectivity index (χ3n) is 6.26. The van der Waals surface area contributed by atoms with Crippen LogP contribution in [0.1, 0.15) is 37.9 Å². The summed E-state index contributed by atoms with van der Waals surface area (Å²) in [5, 5.41) is 25.0. The highest BCUT2D eigenvalue weighted by molar-refractivity contribution is 7.85. The lowest BCUT2D eigenvalue weighted by molar-refractivity contribution is -0.288. The lowest BCUT2D eigenvalue weighted by atomic mass is 9.84. The van der Waals surface area contributed by atoms with E-state index in [0.29, 0.717) is 54.8 Å². The Kier molecular flexibility index (Phi) is 6.53. The van der Waals surface area contributed by atoms with E-state index in [2.05, 4.69) is 10.2 Å². The Balaban J connectivity index is 1.57. The number of hydrogen-bond acceptors (Lipinski definition) is 7. The van der Waals surface area contributed by atoms with Gasteiger partial charge in [0.25, 0.3) is 0 Å². The van der Waals surface area contributed by atoms with E-state index in [1.807, 2.05) is 38.1 Å². The Bertz CT molecular complexity index is 962. The summed E-state index contributed by atoms with van der Waals surface area (Å²) in [7, 11) is -1.13. The van der Waals surface area contributed by atoms with Crippen LogP contribution in [0.4, 0.5) is 11.8 Å². The molecular weight excluding hydrogens is 436 g/mol. The summed E-state index contributed by atoms with van der Waals surface area (Å²) in [6.45, 7) is 5.24. The molecule has 9 heteroatoms. The van der Waals surface area contributed by atoms with Gasteiger partial charge >= 0.3 is 0 Å². The summed E-state index contributed by atoms with van der Waals surface area (Å²) in [5.74, 6) is 1.89. The van der Waals surface area contributed by atoms with Crippen molar-refractivity contribution < 1.29 is 26.0 Å². The lowest BCUT2D eigenvalue weighted by Crippen LogP contribution is -2.43. The number of halogens is 1. The summed E-state index contributed by atoms with van der Waals surface area (Å²) >= 11 is 5.16. The van der Waals surface area contributed by atoms with Crippen LogP contribution in [0.2, 0.25) is 5.02 Å². The number of piperidine rings is 1. The Labute approximate surface area is 190 Å². The number of anilines is 2. The molecule has 1 saturated heterocycles. The molecule has 0 radical (unpaired) electrons. The molecule has 0 amide bonds. The van der Waals surface area contributed by atoms with E-state index < -0.39 is 16.4 Å². The van der Waals surface area contributed by atoms with Crippen molar-refractivity contribution in [2.24, 2.45) is 5.92 Å². The third kappa shape index (κ3) is 4.58. The van der Waals surface area contributed by atoms with E-state index in [4.69, 9.17) is 21.6 Å². The van der Waals surface area contributed by atoms with Crippen molar-refractivity contribution in [3.8, 4) is 0 Å². The van der Waals surface area contributed by atoms with Gasteiger partial charge in [0.15, 0.2) is 11.6 Å². The standard InChI is InChI=1S/C22H30ClN4O3S/c1-14(2)18(13-28)24-20-19-17(7-12-31(19)30)25-21(26-20)27-10-8-22(29,9-11-27)15-3-5-16(23)6-4-15/h3-6,14,18,23,28-29H,7-13H2,1-2H3,(H,24,25,26)/q+1/t18-,31?/m0/s1. The second-order valence-electron chi connectivity index (χ2n) is 8.67. The van der Waals surface area contributed by atoms with Crippen molar-refractivity contribution in [2.75, 3.05) is 35.7 Å². The van der Waals surface area contributed by atoms with E-state index in [0.717, 1.165) is 16.3 Å². The van der Waals surface area contributed by atoms with Gasteiger partial charge in [0.2, 0.25) is 11.0 Å². The normalized spacial score (nSPS) is 21.2. The van der Waals surface area contributed by atoms with E-state index in [9.17, 15) is 14.4 Å². The molecule has 3 N–H and O–H groups in total. The van der Waals surface area contributed by atoms with E-state index in [1.165, 1.54) is 0 Å². The molecule has 2 aromatic rings. The van der Waals surface area contributed by atoms with Gasteiger partial charge in [-0.2, -0.15) is 4.98 Å². The first-order valence-electron chi connectivity index (χ1n) is 10.7. The Hall–Kier alpha value is -1.74. The highest BCUT2D eigenvalue weighted by Crippen LogP contribution is 2.36. The molecule has 2 aliphatic heterocycles. The van der Waals surface area contributed by atoms with Crippen LogP contribution in [0.3, 0.4) is 0 Å². The summed E-state index contributed by atoms with van der Waals surface area (Å²) in [6, 6.07) is 7.33. The third-order valence-corrected chi connectivity index (χ3v) is 8.00. The Morgan fingerprint density at radius 2 is 1.90 bits per heavy atom. The van der Waals surface area contributed by atoms with Crippen molar-refractivity contribution in [1.82, 2.24) is 9.97 Å². The molecule has 31 heavy (non-hydrogen) atoms. The fourth-order valence-corrected chi connectivity index (χ4v) is 5.60. The van der Waals surface area contributed by atoms with E-state index >= 15 is 0 Å². The van der Waals surface area contributed by atoms with Crippen LogP contribution < -0.4 is 10.2 Å². The van der Waals surface area contributed by atoms with Crippen LogP contribution >= 0.6 is 0 Å². The molecule has 168 valence electrons. The summed E-state index contributed by atoms with van der Waals surface area (Å²) in [4.78, 5) is 12.2. The monoisotopic (exact) mass is 465 g/mol. The Morgan fingerprint density at radius 3 is 2.52 bits per heavy atom. The Morgan fingerprint density at radius 1 is 1.23 bits per heavy atom. The molecule has 1 aromatic heterocycles. The maximum atomic E-state index is 12.6. The van der Waals surface area contributed by atoms with Crippen molar-refractivity contribution in [1.29, 1.82) is 0 Å². The number of rotatable bonds is 6. The summed E-state index contributed by atoms with van der Waals surface area (Å²) in [5.41, 5.74) is 0.808. The highest BCUT2D eigenvalue weighted by Gasteiger charge is 2.36. The van der Waals surface area contributed by atoms with Crippen LogP contribution in [0.5, 0.6) is 0 Å². The molecule has 4 rings (SSSR count). The van der Waals surface area contributed by atoms with Gasteiger partial charge in [0.05, 0.1) is 34.7 Å². The van der Waals surface area contributed by atoms with Crippen LogP contribution in [-0.4, -0.2) is 55.9 Å². The number of aliphatic hydroxyl groups is 2. The van der Waals surface area contributed by atoms with Gasteiger partial charge in [0.1, 0.15) is 10.7 Å². The van der Waals surface area contributed by atoms with Gasteiger partial charge < -0.3 is 20.4 Å². The predicted molar refractivity (Wildman–Crippen MR) is 119 cm³/mol. The number of aromatic nitrogens is 2. The van der Waals surface area contributed by atoms with Crippen LogP contribution in [0.15, 0.2) is 29.2 Å². The number of nitrogens with one attached hydrogen (secondary N) is 1. The number of benzene rings is 1. The predicted octanol–water partition coefficient (Wildman–Crippen LogP) is 1.75. The molecule has 1 fully saturated rings. The zero-order valence-corrected chi connectivity index (χ0v) is 19.5. The molecule has 3 heterocycles. The van der Waals surface area contributed by atoms with Gasteiger partial charge in [-0.25, -0.2) is 4.98 Å². The van der Waals surface area contributed by atoms with Gasteiger partial charge in [-0.15, -0.1) is 0 Å². The topological polar surface area (TPSA) is 98.6 Å². The fraction of sp³-hybridized carbons (Fsp3) is 0.545. The van der Waals surface area contributed by atoms with Crippen LogP contribution in [0, 0.1) is 17.5 Å². The van der Waals surface area contributed by atoms with E-state index in [-0.39, 0.29) is 18.6 Å². The first kappa shape index (κ1) is 22.5. The molecule has 0 saturated carbocycles. The van der Waals surface area contributed by atoms with Crippen LogP contribution in [-0.2, 0) is 22.8 Å². The average molecular weight is 466 g/mol. The quantitative estimate of drug-likeness (QED) is 0.597. The zero-order chi connectivity index (χ0) is 22.2. The summed E-state index contributed by atoms with van der Waals surface area (Å²) < 4.78 is 12.6. The average Bonchev–Trinajstić information content (AvgIpc) is 3.13.